The Morgan fingerprint density at radius 2 is 1.90 bits per heavy atom. The summed E-state index contributed by atoms with van der Waals surface area (Å²) < 4.78 is 0.962. The quantitative estimate of drug-likeness (QED) is 0.826. The zero-order valence-electron chi connectivity index (χ0n) is 12.1. The third-order valence-corrected chi connectivity index (χ3v) is 3.81. The smallest absolute Gasteiger partial charge is 0.279 e. The number of hydrogen-bond donors (Lipinski definition) is 2. The van der Waals surface area contributed by atoms with Gasteiger partial charge in [-0.3, -0.25) is 4.79 Å². The lowest BCUT2D eigenvalue weighted by molar-refractivity contribution is -0.903. The minimum absolute atomic E-state index is 0.0425. The van der Waals surface area contributed by atoms with E-state index < -0.39 is 0 Å². The Morgan fingerprint density at radius 1 is 1.14 bits per heavy atom. The third kappa shape index (κ3) is 5.33. The van der Waals surface area contributed by atoms with E-state index in [0.717, 1.165) is 23.2 Å². The van der Waals surface area contributed by atoms with E-state index in [1.807, 2.05) is 42.5 Å². The first-order chi connectivity index (χ1) is 10.2. The summed E-state index contributed by atoms with van der Waals surface area (Å²) in [5, 5.41) is 2.94. The fourth-order valence-electron chi connectivity index (χ4n) is 2.20. The number of rotatable bonds is 6. The van der Waals surface area contributed by atoms with Crippen molar-refractivity contribution in [2.45, 2.75) is 13.5 Å². The van der Waals surface area contributed by atoms with Crippen molar-refractivity contribution in [3.8, 4) is 0 Å². The number of quaternary nitrogens is 1. The Bertz CT molecular complexity index is 586. The molecule has 0 spiro atoms. The number of halogens is 1. The summed E-state index contributed by atoms with van der Waals surface area (Å²) in [5.74, 6) is 0.0425. The standard InChI is InChI=1S/C17H19BrN2O/c1-2-20(12-14-7-4-3-5-8-14)13-17(21)19-16-10-6-9-15(18)11-16/h3-11H,2,12-13H2,1H3,(H,19,21)/p+1. The molecule has 2 N–H and O–H groups in total. The van der Waals surface area contributed by atoms with Crippen LogP contribution in [0.1, 0.15) is 12.5 Å². The van der Waals surface area contributed by atoms with Crippen molar-refractivity contribution in [1.82, 2.24) is 0 Å². The van der Waals surface area contributed by atoms with Crippen molar-refractivity contribution in [3.05, 3.63) is 64.6 Å². The number of carbonyl (C=O) groups is 1. The molecular weight excluding hydrogens is 328 g/mol. The molecule has 0 aromatic heterocycles. The highest BCUT2D eigenvalue weighted by atomic mass is 79.9. The summed E-state index contributed by atoms with van der Waals surface area (Å²) >= 11 is 3.40. The molecule has 0 aliphatic carbocycles. The summed E-state index contributed by atoms with van der Waals surface area (Å²) in [5.41, 5.74) is 2.08. The number of benzene rings is 2. The fraction of sp³-hybridized carbons (Fsp3) is 0.235. The van der Waals surface area contributed by atoms with Crippen molar-refractivity contribution in [2.75, 3.05) is 18.4 Å². The van der Waals surface area contributed by atoms with E-state index in [1.165, 1.54) is 10.5 Å². The predicted molar refractivity (Wildman–Crippen MR) is 89.3 cm³/mol. The molecule has 0 saturated heterocycles. The minimum Gasteiger partial charge on any atom is -0.324 e. The van der Waals surface area contributed by atoms with Gasteiger partial charge in [0.1, 0.15) is 6.54 Å². The molecule has 0 fully saturated rings. The second kappa shape index (κ2) is 7.96. The Morgan fingerprint density at radius 3 is 2.57 bits per heavy atom. The molecule has 3 nitrogen and oxygen atoms in total. The van der Waals surface area contributed by atoms with Crippen molar-refractivity contribution < 1.29 is 9.69 Å². The number of carbonyl (C=O) groups excluding carboxylic acids is 1. The molecule has 21 heavy (non-hydrogen) atoms. The maximum Gasteiger partial charge on any atom is 0.279 e. The van der Waals surface area contributed by atoms with Crippen LogP contribution in [-0.4, -0.2) is 19.0 Å². The molecule has 110 valence electrons. The normalized spacial score (nSPS) is 11.9. The zero-order chi connectivity index (χ0) is 15.1. The topological polar surface area (TPSA) is 33.5 Å². The number of likely N-dealkylation sites (N-methyl/N-ethyl adjacent to an activating group) is 1. The van der Waals surface area contributed by atoms with Gasteiger partial charge in [0.05, 0.1) is 6.54 Å². The molecule has 1 unspecified atom stereocenters. The first-order valence-electron chi connectivity index (χ1n) is 7.10. The molecule has 1 amide bonds. The molecule has 2 rings (SSSR count). The zero-order valence-corrected chi connectivity index (χ0v) is 13.7. The summed E-state index contributed by atoms with van der Waals surface area (Å²) in [7, 11) is 0. The largest absolute Gasteiger partial charge is 0.324 e. The van der Waals surface area contributed by atoms with Gasteiger partial charge in [-0.1, -0.05) is 52.3 Å². The second-order valence-corrected chi connectivity index (χ2v) is 5.92. The van der Waals surface area contributed by atoms with Crippen molar-refractivity contribution >= 4 is 27.5 Å². The van der Waals surface area contributed by atoms with E-state index in [-0.39, 0.29) is 5.91 Å². The molecule has 0 saturated carbocycles. The van der Waals surface area contributed by atoms with Gasteiger partial charge in [0.15, 0.2) is 6.54 Å². The molecule has 0 aliphatic rings. The van der Waals surface area contributed by atoms with E-state index in [4.69, 9.17) is 0 Å². The van der Waals surface area contributed by atoms with Crippen LogP contribution in [0.15, 0.2) is 59.1 Å². The van der Waals surface area contributed by atoms with Gasteiger partial charge in [0.25, 0.3) is 5.91 Å². The van der Waals surface area contributed by atoms with Gasteiger partial charge in [-0.05, 0) is 25.1 Å². The van der Waals surface area contributed by atoms with Crippen LogP contribution >= 0.6 is 15.9 Å². The Kier molecular flexibility index (Phi) is 5.96. The second-order valence-electron chi connectivity index (χ2n) is 5.00. The van der Waals surface area contributed by atoms with Gasteiger partial charge in [-0.25, -0.2) is 0 Å². The van der Waals surface area contributed by atoms with Gasteiger partial charge in [-0.15, -0.1) is 0 Å². The number of anilines is 1. The highest BCUT2D eigenvalue weighted by molar-refractivity contribution is 9.10. The van der Waals surface area contributed by atoms with E-state index in [2.05, 4.69) is 40.3 Å². The molecule has 4 heteroatoms. The minimum atomic E-state index is 0.0425. The first-order valence-corrected chi connectivity index (χ1v) is 7.89. The van der Waals surface area contributed by atoms with Crippen LogP contribution in [0.4, 0.5) is 5.69 Å². The van der Waals surface area contributed by atoms with E-state index in [1.54, 1.807) is 0 Å². The number of hydrogen-bond acceptors (Lipinski definition) is 1. The van der Waals surface area contributed by atoms with Crippen LogP contribution in [0.3, 0.4) is 0 Å². The highest BCUT2D eigenvalue weighted by Gasteiger charge is 2.13. The Hall–Kier alpha value is -1.65. The van der Waals surface area contributed by atoms with Crippen molar-refractivity contribution in [3.63, 3.8) is 0 Å². The average molecular weight is 348 g/mol. The lowest BCUT2D eigenvalue weighted by Crippen LogP contribution is -3.11. The van der Waals surface area contributed by atoms with Crippen LogP contribution in [0.5, 0.6) is 0 Å². The van der Waals surface area contributed by atoms with Gasteiger partial charge in [-0.2, -0.15) is 0 Å². The molecule has 2 aromatic carbocycles. The Labute approximate surface area is 134 Å². The summed E-state index contributed by atoms with van der Waals surface area (Å²) in [6, 6.07) is 17.9. The van der Waals surface area contributed by atoms with Gasteiger partial charge >= 0.3 is 0 Å². The van der Waals surface area contributed by atoms with Gasteiger partial charge in [0, 0.05) is 15.7 Å². The molecule has 0 heterocycles. The molecule has 1 atom stereocenters. The molecule has 0 radical (unpaired) electrons. The predicted octanol–water partition coefficient (Wildman–Crippen LogP) is 2.49. The SMILES string of the molecule is CC[NH+](CC(=O)Nc1cccc(Br)c1)Cc1ccccc1. The maximum atomic E-state index is 12.1. The van der Waals surface area contributed by atoms with Crippen LogP contribution < -0.4 is 10.2 Å². The third-order valence-electron chi connectivity index (χ3n) is 3.32. The average Bonchev–Trinajstić information content (AvgIpc) is 2.47. The summed E-state index contributed by atoms with van der Waals surface area (Å²) in [6.45, 7) is 4.35. The molecule has 0 bridgehead atoms. The summed E-state index contributed by atoms with van der Waals surface area (Å²) in [6.07, 6.45) is 0. The molecule has 0 aliphatic heterocycles. The van der Waals surface area contributed by atoms with E-state index in [0.29, 0.717) is 6.54 Å². The molecular formula is C17H20BrN2O+. The van der Waals surface area contributed by atoms with Crippen LogP contribution in [0, 0.1) is 0 Å². The van der Waals surface area contributed by atoms with E-state index in [9.17, 15) is 4.79 Å². The Balaban J connectivity index is 1.90. The van der Waals surface area contributed by atoms with Crippen molar-refractivity contribution in [2.24, 2.45) is 0 Å². The lowest BCUT2D eigenvalue weighted by Gasteiger charge is -2.17. The van der Waals surface area contributed by atoms with E-state index >= 15 is 0 Å². The summed E-state index contributed by atoms with van der Waals surface area (Å²) in [4.78, 5) is 13.4. The van der Waals surface area contributed by atoms with Gasteiger partial charge < -0.3 is 10.2 Å². The van der Waals surface area contributed by atoms with Crippen LogP contribution in [0.25, 0.3) is 0 Å². The van der Waals surface area contributed by atoms with Crippen molar-refractivity contribution in [1.29, 1.82) is 0 Å². The lowest BCUT2D eigenvalue weighted by atomic mass is 10.2. The maximum absolute atomic E-state index is 12.1. The number of amides is 1. The van der Waals surface area contributed by atoms with Gasteiger partial charge in [0.2, 0.25) is 0 Å². The highest BCUT2D eigenvalue weighted by Crippen LogP contribution is 2.15. The monoisotopic (exact) mass is 347 g/mol. The fourth-order valence-corrected chi connectivity index (χ4v) is 2.59. The molecule has 2 aromatic rings. The first kappa shape index (κ1) is 15.7. The van der Waals surface area contributed by atoms with Crippen LogP contribution in [-0.2, 0) is 11.3 Å². The van der Waals surface area contributed by atoms with Crippen LogP contribution in [0.2, 0.25) is 0 Å². The number of nitrogens with one attached hydrogen (secondary N) is 2.